The van der Waals surface area contributed by atoms with Crippen LogP contribution in [0.2, 0.25) is 0 Å². The third-order valence-electron chi connectivity index (χ3n) is 6.84. The third-order valence-corrected chi connectivity index (χ3v) is 6.84. The topological polar surface area (TPSA) is 38.8 Å². The second kappa shape index (κ2) is 6.19. The van der Waals surface area contributed by atoms with Gasteiger partial charge in [0.1, 0.15) is 0 Å². The SMILES string of the molecule is CC(C)(OCC12CC3CC(CC(C3)C1)C2)OC(=O)N1CCCCC1. The lowest BCUT2D eigenvalue weighted by molar-refractivity contribution is -0.216. The zero-order chi connectivity index (χ0) is 16.8. The van der Waals surface area contributed by atoms with E-state index in [0.29, 0.717) is 5.41 Å². The Morgan fingerprint density at radius 3 is 2.08 bits per heavy atom. The Balaban J connectivity index is 1.32. The van der Waals surface area contributed by atoms with E-state index in [0.717, 1.165) is 50.3 Å². The molecule has 4 saturated carbocycles. The van der Waals surface area contributed by atoms with Crippen molar-refractivity contribution >= 4 is 6.09 Å². The Morgan fingerprint density at radius 2 is 1.54 bits per heavy atom. The van der Waals surface area contributed by atoms with Crippen LogP contribution in [0.5, 0.6) is 0 Å². The zero-order valence-corrected chi connectivity index (χ0v) is 15.4. The molecule has 4 bridgehead atoms. The van der Waals surface area contributed by atoms with Gasteiger partial charge in [-0.15, -0.1) is 0 Å². The molecule has 4 aliphatic carbocycles. The number of hydrogen-bond donors (Lipinski definition) is 0. The van der Waals surface area contributed by atoms with Crippen LogP contribution in [-0.4, -0.2) is 36.5 Å². The molecule has 1 aliphatic heterocycles. The van der Waals surface area contributed by atoms with Crippen molar-refractivity contribution in [1.82, 2.24) is 4.90 Å². The first kappa shape index (κ1) is 16.7. The van der Waals surface area contributed by atoms with E-state index < -0.39 is 5.79 Å². The van der Waals surface area contributed by atoms with Crippen LogP contribution >= 0.6 is 0 Å². The molecule has 5 rings (SSSR count). The fourth-order valence-corrected chi connectivity index (χ4v) is 6.17. The number of hydrogen-bond acceptors (Lipinski definition) is 3. The van der Waals surface area contributed by atoms with Gasteiger partial charge in [-0.3, -0.25) is 0 Å². The quantitative estimate of drug-likeness (QED) is 0.706. The molecule has 5 fully saturated rings. The first-order valence-corrected chi connectivity index (χ1v) is 10.0. The molecule has 0 spiro atoms. The Labute approximate surface area is 146 Å². The van der Waals surface area contributed by atoms with Crippen molar-refractivity contribution in [2.45, 2.75) is 77.4 Å². The van der Waals surface area contributed by atoms with Gasteiger partial charge in [-0.1, -0.05) is 0 Å². The van der Waals surface area contributed by atoms with Gasteiger partial charge in [-0.25, -0.2) is 4.79 Å². The van der Waals surface area contributed by atoms with Crippen LogP contribution in [0.15, 0.2) is 0 Å². The molecule has 0 radical (unpaired) electrons. The van der Waals surface area contributed by atoms with Crippen molar-refractivity contribution in [2.24, 2.45) is 23.2 Å². The summed E-state index contributed by atoms with van der Waals surface area (Å²) in [5.74, 6) is 1.97. The number of piperidine rings is 1. The first-order chi connectivity index (χ1) is 11.4. The summed E-state index contributed by atoms with van der Waals surface area (Å²) in [4.78, 5) is 14.2. The molecule has 24 heavy (non-hydrogen) atoms. The lowest BCUT2D eigenvalue weighted by Crippen LogP contribution is -2.50. The van der Waals surface area contributed by atoms with Crippen molar-refractivity contribution in [3.05, 3.63) is 0 Å². The normalized spacial score (nSPS) is 38.4. The Morgan fingerprint density at radius 1 is 1.00 bits per heavy atom. The first-order valence-electron chi connectivity index (χ1n) is 10.0. The minimum atomic E-state index is -0.822. The molecule has 0 aromatic carbocycles. The summed E-state index contributed by atoms with van der Waals surface area (Å²) >= 11 is 0. The predicted octanol–water partition coefficient (Wildman–Crippen LogP) is 4.58. The van der Waals surface area contributed by atoms with Gasteiger partial charge < -0.3 is 14.4 Å². The van der Waals surface area contributed by atoms with Gasteiger partial charge in [0.05, 0.1) is 6.61 Å². The van der Waals surface area contributed by atoms with E-state index in [-0.39, 0.29) is 6.09 Å². The molecule has 0 aromatic heterocycles. The minimum Gasteiger partial charge on any atom is -0.417 e. The van der Waals surface area contributed by atoms with Gasteiger partial charge in [-0.2, -0.15) is 0 Å². The highest BCUT2D eigenvalue weighted by atomic mass is 16.7. The second-order valence-electron chi connectivity index (χ2n) is 9.52. The van der Waals surface area contributed by atoms with Gasteiger partial charge in [0.25, 0.3) is 0 Å². The molecular formula is C20H33NO3. The number of rotatable bonds is 4. The third kappa shape index (κ3) is 3.44. The molecule has 0 unspecified atom stereocenters. The van der Waals surface area contributed by atoms with Crippen LogP contribution in [0.4, 0.5) is 4.79 Å². The summed E-state index contributed by atoms with van der Waals surface area (Å²) in [6.07, 6.45) is 11.5. The van der Waals surface area contributed by atoms with Crippen LogP contribution in [0, 0.1) is 23.2 Å². The summed E-state index contributed by atoms with van der Waals surface area (Å²) in [5.41, 5.74) is 0.365. The molecule has 1 heterocycles. The van der Waals surface area contributed by atoms with Crippen molar-refractivity contribution in [2.75, 3.05) is 19.7 Å². The highest BCUT2D eigenvalue weighted by Gasteiger charge is 2.51. The van der Waals surface area contributed by atoms with Crippen molar-refractivity contribution in [1.29, 1.82) is 0 Å². The van der Waals surface area contributed by atoms with Gasteiger partial charge in [-0.05, 0) is 81.0 Å². The Bertz CT molecular complexity index is 446. The molecule has 0 N–H and O–H groups in total. The van der Waals surface area contributed by atoms with Crippen LogP contribution in [0.25, 0.3) is 0 Å². The summed E-state index contributed by atoms with van der Waals surface area (Å²) in [6.45, 7) is 6.20. The molecule has 136 valence electrons. The molecule has 4 heteroatoms. The lowest BCUT2D eigenvalue weighted by atomic mass is 9.50. The maximum absolute atomic E-state index is 12.4. The second-order valence-corrected chi connectivity index (χ2v) is 9.52. The van der Waals surface area contributed by atoms with Crippen LogP contribution in [-0.2, 0) is 9.47 Å². The van der Waals surface area contributed by atoms with Gasteiger partial charge in [0, 0.05) is 26.9 Å². The van der Waals surface area contributed by atoms with E-state index in [1.165, 1.54) is 44.9 Å². The van der Waals surface area contributed by atoms with E-state index in [1.54, 1.807) is 0 Å². The summed E-state index contributed by atoms with van der Waals surface area (Å²) in [5, 5.41) is 0. The number of carbonyl (C=O) groups is 1. The summed E-state index contributed by atoms with van der Waals surface area (Å²) < 4.78 is 11.9. The highest BCUT2D eigenvalue weighted by molar-refractivity contribution is 5.68. The molecule has 5 aliphatic rings. The van der Waals surface area contributed by atoms with Gasteiger partial charge in [0.15, 0.2) is 0 Å². The maximum atomic E-state index is 12.4. The average Bonchev–Trinajstić information content (AvgIpc) is 2.52. The number of nitrogens with zero attached hydrogens (tertiary/aromatic N) is 1. The Hall–Kier alpha value is -0.770. The summed E-state index contributed by atoms with van der Waals surface area (Å²) in [7, 11) is 0. The Kier molecular flexibility index (Phi) is 4.30. The lowest BCUT2D eigenvalue weighted by Gasteiger charge is -2.57. The standard InChI is InChI=1S/C20H33NO3/c1-19(2,24-18(22)21-6-4-3-5-7-21)23-14-20-11-15-8-16(12-20)10-17(9-15)13-20/h15-17H,3-14H2,1-2H3. The molecule has 4 nitrogen and oxygen atoms in total. The molecule has 1 saturated heterocycles. The number of ether oxygens (including phenoxy) is 2. The summed E-state index contributed by atoms with van der Waals surface area (Å²) in [6, 6.07) is 0. The highest BCUT2D eigenvalue weighted by Crippen LogP contribution is 2.60. The van der Waals surface area contributed by atoms with E-state index in [1.807, 2.05) is 18.7 Å². The smallest absolute Gasteiger partial charge is 0.412 e. The fraction of sp³-hybridized carbons (Fsp3) is 0.950. The minimum absolute atomic E-state index is 0.204. The van der Waals surface area contributed by atoms with Crippen LogP contribution in [0.1, 0.15) is 71.6 Å². The molecule has 1 amide bonds. The van der Waals surface area contributed by atoms with Crippen LogP contribution < -0.4 is 0 Å². The van der Waals surface area contributed by atoms with Crippen molar-refractivity contribution in [3.8, 4) is 0 Å². The van der Waals surface area contributed by atoms with E-state index >= 15 is 0 Å². The van der Waals surface area contributed by atoms with E-state index in [9.17, 15) is 4.79 Å². The fourth-order valence-electron chi connectivity index (χ4n) is 6.17. The average molecular weight is 335 g/mol. The van der Waals surface area contributed by atoms with Crippen LogP contribution in [0.3, 0.4) is 0 Å². The van der Waals surface area contributed by atoms with E-state index in [2.05, 4.69) is 0 Å². The van der Waals surface area contributed by atoms with E-state index in [4.69, 9.17) is 9.47 Å². The molecule has 0 atom stereocenters. The number of amides is 1. The van der Waals surface area contributed by atoms with Gasteiger partial charge >= 0.3 is 6.09 Å². The van der Waals surface area contributed by atoms with Crippen molar-refractivity contribution in [3.63, 3.8) is 0 Å². The number of carbonyl (C=O) groups excluding carboxylic acids is 1. The molecule has 0 aromatic rings. The largest absolute Gasteiger partial charge is 0.417 e. The van der Waals surface area contributed by atoms with Crippen molar-refractivity contribution < 1.29 is 14.3 Å². The monoisotopic (exact) mass is 335 g/mol. The van der Waals surface area contributed by atoms with Gasteiger partial charge in [0.2, 0.25) is 5.79 Å². The zero-order valence-electron chi connectivity index (χ0n) is 15.4. The predicted molar refractivity (Wildman–Crippen MR) is 92.5 cm³/mol. The number of likely N-dealkylation sites (tertiary alicyclic amines) is 1. The molecular weight excluding hydrogens is 302 g/mol. The maximum Gasteiger partial charge on any atom is 0.412 e.